The SMILES string of the molecule is Cc1ccc(S[C@@H]2O[C@@H]3COC(C)O[C@H]3[C@H](O)[C@H]2O)cc1. The molecule has 1 unspecified atom stereocenters. The Hall–Kier alpha value is -0.630. The third-order valence-electron chi connectivity index (χ3n) is 3.76. The van der Waals surface area contributed by atoms with Crippen LogP contribution >= 0.6 is 11.8 Å². The van der Waals surface area contributed by atoms with Crippen LogP contribution in [0.3, 0.4) is 0 Å². The maximum absolute atomic E-state index is 10.3. The molecule has 0 spiro atoms. The first kappa shape index (κ1) is 15.3. The van der Waals surface area contributed by atoms with E-state index in [9.17, 15) is 10.2 Å². The van der Waals surface area contributed by atoms with Gasteiger partial charge in [0.25, 0.3) is 0 Å². The predicted molar refractivity (Wildman–Crippen MR) is 78.0 cm³/mol. The van der Waals surface area contributed by atoms with Crippen LogP contribution in [0.4, 0.5) is 0 Å². The molecule has 6 heteroatoms. The Morgan fingerprint density at radius 2 is 1.81 bits per heavy atom. The highest BCUT2D eigenvalue weighted by Gasteiger charge is 2.48. The highest BCUT2D eigenvalue weighted by molar-refractivity contribution is 7.99. The van der Waals surface area contributed by atoms with Crippen LogP contribution in [0.25, 0.3) is 0 Å². The number of fused-ring (bicyclic) bond motifs is 1. The molecule has 2 heterocycles. The zero-order chi connectivity index (χ0) is 15.0. The fraction of sp³-hybridized carbons (Fsp3) is 0.600. The monoisotopic (exact) mass is 312 g/mol. The molecule has 3 rings (SSSR count). The summed E-state index contributed by atoms with van der Waals surface area (Å²) in [5, 5.41) is 20.5. The van der Waals surface area contributed by atoms with Crippen LogP contribution in [0.15, 0.2) is 29.2 Å². The zero-order valence-corrected chi connectivity index (χ0v) is 12.8. The van der Waals surface area contributed by atoms with Crippen LogP contribution in [0.5, 0.6) is 0 Å². The number of aryl methyl sites for hydroxylation is 1. The maximum atomic E-state index is 10.3. The van der Waals surface area contributed by atoms with Gasteiger partial charge in [-0.15, -0.1) is 0 Å². The molecule has 2 aliphatic rings. The summed E-state index contributed by atoms with van der Waals surface area (Å²) in [6, 6.07) is 7.96. The predicted octanol–water partition coefficient (Wildman–Crippen LogP) is 1.30. The number of benzene rings is 1. The van der Waals surface area contributed by atoms with Gasteiger partial charge in [0, 0.05) is 4.90 Å². The van der Waals surface area contributed by atoms with E-state index in [2.05, 4.69) is 0 Å². The van der Waals surface area contributed by atoms with Crippen molar-refractivity contribution in [3.8, 4) is 0 Å². The minimum Gasteiger partial charge on any atom is -0.387 e. The standard InChI is InChI=1S/C15H20O5S/c1-8-3-5-10(6-4-8)21-15-13(17)12(16)14-11(20-15)7-18-9(2)19-14/h3-6,9,11-17H,7H2,1-2H3/t9?,11-,12-,13-,14-,15+/m1/s1. The highest BCUT2D eigenvalue weighted by atomic mass is 32.2. The van der Waals surface area contributed by atoms with Crippen LogP contribution in [-0.4, -0.2) is 53.0 Å². The number of aliphatic hydroxyl groups is 2. The van der Waals surface area contributed by atoms with Gasteiger partial charge in [-0.3, -0.25) is 0 Å². The van der Waals surface area contributed by atoms with Crippen LogP contribution in [0, 0.1) is 6.92 Å². The minimum atomic E-state index is -0.997. The van der Waals surface area contributed by atoms with Crippen molar-refractivity contribution in [2.45, 2.75) is 54.9 Å². The number of hydrogen-bond acceptors (Lipinski definition) is 6. The van der Waals surface area contributed by atoms with Crippen molar-refractivity contribution in [2.75, 3.05) is 6.61 Å². The maximum Gasteiger partial charge on any atom is 0.155 e. The Balaban J connectivity index is 1.70. The van der Waals surface area contributed by atoms with E-state index in [-0.39, 0.29) is 6.10 Å². The Morgan fingerprint density at radius 3 is 2.52 bits per heavy atom. The van der Waals surface area contributed by atoms with Gasteiger partial charge in [-0.25, -0.2) is 0 Å². The summed E-state index contributed by atoms with van der Waals surface area (Å²) in [5.74, 6) is 0. The Kier molecular flexibility index (Phi) is 4.54. The van der Waals surface area contributed by atoms with E-state index in [0.29, 0.717) is 6.61 Å². The quantitative estimate of drug-likeness (QED) is 0.858. The molecular weight excluding hydrogens is 292 g/mol. The van der Waals surface area contributed by atoms with Gasteiger partial charge in [0.05, 0.1) is 6.61 Å². The molecule has 0 amide bonds. The molecule has 6 atom stereocenters. The minimum absolute atomic E-state index is 0.359. The van der Waals surface area contributed by atoms with E-state index >= 15 is 0 Å². The van der Waals surface area contributed by atoms with E-state index in [1.165, 1.54) is 17.3 Å². The molecular formula is C15H20O5S. The van der Waals surface area contributed by atoms with Crippen LogP contribution in [-0.2, 0) is 14.2 Å². The summed E-state index contributed by atoms with van der Waals surface area (Å²) in [7, 11) is 0. The molecule has 116 valence electrons. The topological polar surface area (TPSA) is 68.2 Å². The molecule has 0 aromatic heterocycles. The van der Waals surface area contributed by atoms with Crippen molar-refractivity contribution >= 4 is 11.8 Å². The molecule has 0 aliphatic carbocycles. The summed E-state index contributed by atoms with van der Waals surface area (Å²) >= 11 is 1.40. The number of ether oxygens (including phenoxy) is 3. The van der Waals surface area contributed by atoms with Gasteiger partial charge in [0.2, 0.25) is 0 Å². The first-order chi connectivity index (χ1) is 10.0. The lowest BCUT2D eigenvalue weighted by atomic mass is 9.99. The van der Waals surface area contributed by atoms with Crippen LogP contribution in [0.2, 0.25) is 0 Å². The second-order valence-electron chi connectivity index (χ2n) is 5.46. The number of aliphatic hydroxyl groups excluding tert-OH is 2. The van der Waals surface area contributed by atoms with Crippen LogP contribution < -0.4 is 0 Å². The van der Waals surface area contributed by atoms with Crippen molar-refractivity contribution in [2.24, 2.45) is 0 Å². The number of hydrogen-bond donors (Lipinski definition) is 2. The average Bonchev–Trinajstić information content (AvgIpc) is 2.47. The van der Waals surface area contributed by atoms with Gasteiger partial charge in [0.1, 0.15) is 29.9 Å². The smallest absolute Gasteiger partial charge is 0.155 e. The van der Waals surface area contributed by atoms with Gasteiger partial charge < -0.3 is 24.4 Å². The Bertz CT molecular complexity index is 477. The van der Waals surface area contributed by atoms with Gasteiger partial charge in [-0.1, -0.05) is 29.5 Å². The number of thioether (sulfide) groups is 1. The molecule has 5 nitrogen and oxygen atoms in total. The van der Waals surface area contributed by atoms with E-state index in [0.717, 1.165) is 4.90 Å². The first-order valence-corrected chi connectivity index (χ1v) is 7.94. The normalized spacial score (nSPS) is 39.8. The third-order valence-corrected chi connectivity index (χ3v) is 4.92. The Morgan fingerprint density at radius 1 is 1.10 bits per heavy atom. The van der Waals surface area contributed by atoms with Gasteiger partial charge >= 0.3 is 0 Å². The molecule has 0 bridgehead atoms. The summed E-state index contributed by atoms with van der Waals surface area (Å²) in [5.41, 5.74) is 0.636. The van der Waals surface area contributed by atoms with Gasteiger partial charge in [-0.2, -0.15) is 0 Å². The molecule has 2 saturated heterocycles. The van der Waals surface area contributed by atoms with E-state index in [1.54, 1.807) is 6.92 Å². The van der Waals surface area contributed by atoms with E-state index < -0.39 is 30.0 Å². The van der Waals surface area contributed by atoms with Crippen LogP contribution in [0.1, 0.15) is 12.5 Å². The molecule has 21 heavy (non-hydrogen) atoms. The average molecular weight is 312 g/mol. The van der Waals surface area contributed by atoms with Crippen molar-refractivity contribution in [3.05, 3.63) is 29.8 Å². The zero-order valence-electron chi connectivity index (χ0n) is 12.0. The molecule has 2 N–H and O–H groups in total. The molecule has 2 aliphatic heterocycles. The second-order valence-corrected chi connectivity index (χ2v) is 6.63. The fourth-order valence-electron chi connectivity index (χ4n) is 2.55. The van der Waals surface area contributed by atoms with E-state index in [4.69, 9.17) is 14.2 Å². The Labute approximate surface area is 128 Å². The van der Waals surface area contributed by atoms with Crippen molar-refractivity contribution < 1.29 is 24.4 Å². The molecule has 2 fully saturated rings. The second kappa shape index (κ2) is 6.24. The molecule has 1 aromatic carbocycles. The third kappa shape index (κ3) is 3.26. The summed E-state index contributed by atoms with van der Waals surface area (Å²) < 4.78 is 16.8. The lowest BCUT2D eigenvalue weighted by Gasteiger charge is -2.45. The molecule has 1 aromatic rings. The lowest BCUT2D eigenvalue weighted by Crippen LogP contribution is -2.61. The summed E-state index contributed by atoms with van der Waals surface area (Å²) in [6.07, 6.45) is -3.26. The van der Waals surface area contributed by atoms with Crippen molar-refractivity contribution in [1.82, 2.24) is 0 Å². The van der Waals surface area contributed by atoms with Gasteiger partial charge in [0.15, 0.2) is 6.29 Å². The van der Waals surface area contributed by atoms with E-state index in [1.807, 2.05) is 31.2 Å². The van der Waals surface area contributed by atoms with Crippen molar-refractivity contribution in [1.29, 1.82) is 0 Å². The molecule has 0 saturated carbocycles. The lowest BCUT2D eigenvalue weighted by molar-refractivity contribution is -0.310. The number of rotatable bonds is 2. The van der Waals surface area contributed by atoms with Gasteiger partial charge in [-0.05, 0) is 26.0 Å². The summed E-state index contributed by atoms with van der Waals surface area (Å²) in [4.78, 5) is 0.987. The van der Waals surface area contributed by atoms with Crippen molar-refractivity contribution in [3.63, 3.8) is 0 Å². The largest absolute Gasteiger partial charge is 0.387 e. The fourth-order valence-corrected chi connectivity index (χ4v) is 3.61. The first-order valence-electron chi connectivity index (χ1n) is 7.06. The highest BCUT2D eigenvalue weighted by Crippen LogP contribution is 2.36. The summed E-state index contributed by atoms with van der Waals surface area (Å²) in [6.45, 7) is 4.15. The molecule has 0 radical (unpaired) electrons.